The summed E-state index contributed by atoms with van der Waals surface area (Å²) in [6.45, 7) is 12.5. The van der Waals surface area contributed by atoms with Gasteiger partial charge < -0.3 is 0 Å². The lowest BCUT2D eigenvalue weighted by Gasteiger charge is -2.58. The predicted octanol–water partition coefficient (Wildman–Crippen LogP) is 7.29. The van der Waals surface area contributed by atoms with E-state index in [4.69, 9.17) is 0 Å². The van der Waals surface area contributed by atoms with Gasteiger partial charge in [-0.05, 0) is 90.8 Å². The second kappa shape index (κ2) is 7.17. The van der Waals surface area contributed by atoms with E-state index >= 15 is 0 Å². The molecule has 4 aliphatic carbocycles. The molecule has 0 spiro atoms. The lowest BCUT2D eigenvalue weighted by molar-refractivity contribution is -0.119. The van der Waals surface area contributed by atoms with Crippen molar-refractivity contribution in [2.45, 2.75) is 105 Å². The summed E-state index contributed by atoms with van der Waals surface area (Å²) < 4.78 is 0. The first-order valence-corrected chi connectivity index (χ1v) is 12.3. The first kappa shape index (κ1) is 20.0. The lowest BCUT2D eigenvalue weighted by Crippen LogP contribution is -2.50. The average Bonchev–Trinajstić information content (AvgIpc) is 3.09. The maximum atomic E-state index is 12.3. The monoisotopic (exact) mass is 372 g/mol. The molecule has 4 aliphatic rings. The second-order valence-electron chi connectivity index (χ2n) is 12.1. The minimum absolute atomic E-state index is 0.350. The Bertz CT molecular complexity index is 565. The highest BCUT2D eigenvalue weighted by molar-refractivity contribution is 5.82. The Morgan fingerprint density at radius 3 is 2.41 bits per heavy atom. The first-order valence-electron chi connectivity index (χ1n) is 12.3. The Morgan fingerprint density at radius 1 is 0.926 bits per heavy atom. The van der Waals surface area contributed by atoms with Gasteiger partial charge in [-0.1, -0.05) is 53.9 Å². The maximum absolute atomic E-state index is 12.3. The van der Waals surface area contributed by atoms with Crippen LogP contribution in [0, 0.1) is 52.3 Å². The summed E-state index contributed by atoms with van der Waals surface area (Å²) in [5.41, 5.74) is 0.937. The van der Waals surface area contributed by atoms with E-state index in [9.17, 15) is 4.79 Å². The molecule has 0 N–H and O–H groups in total. The summed E-state index contributed by atoms with van der Waals surface area (Å²) >= 11 is 0. The summed E-state index contributed by atoms with van der Waals surface area (Å²) in [5, 5.41) is 0. The van der Waals surface area contributed by atoms with Crippen molar-refractivity contribution in [1.29, 1.82) is 0 Å². The van der Waals surface area contributed by atoms with Gasteiger partial charge >= 0.3 is 0 Å². The molecule has 0 amide bonds. The number of fused-ring (bicyclic) bond motifs is 5. The molecule has 0 aromatic rings. The smallest absolute Gasteiger partial charge is 0.133 e. The molecule has 27 heavy (non-hydrogen) atoms. The largest absolute Gasteiger partial charge is 0.300 e. The van der Waals surface area contributed by atoms with E-state index in [1.807, 2.05) is 0 Å². The van der Waals surface area contributed by atoms with Crippen molar-refractivity contribution in [2.75, 3.05) is 0 Å². The normalized spacial score (nSPS) is 47.6. The molecule has 0 aliphatic heterocycles. The average molecular weight is 373 g/mol. The highest BCUT2D eigenvalue weighted by atomic mass is 16.1. The third-order valence-corrected chi connectivity index (χ3v) is 10.3. The molecule has 0 aromatic heterocycles. The molecule has 154 valence electrons. The van der Waals surface area contributed by atoms with E-state index in [1.54, 1.807) is 0 Å². The van der Waals surface area contributed by atoms with Crippen LogP contribution in [0.25, 0.3) is 0 Å². The molecule has 1 heteroatoms. The van der Waals surface area contributed by atoms with Crippen LogP contribution in [0.1, 0.15) is 105 Å². The molecule has 4 fully saturated rings. The van der Waals surface area contributed by atoms with Crippen molar-refractivity contribution in [3.05, 3.63) is 0 Å². The molecule has 4 rings (SSSR count). The van der Waals surface area contributed by atoms with E-state index in [0.717, 1.165) is 48.3 Å². The summed E-state index contributed by atoms with van der Waals surface area (Å²) in [6.07, 6.45) is 14.6. The van der Waals surface area contributed by atoms with Gasteiger partial charge in [0.25, 0.3) is 0 Å². The standard InChI is InChI=1S/C26H44O/c1-17(2)7-6-8-18(3)22-11-12-23-21-10-9-19-15-20(27)16-26(19,5)24(21)13-14-25(22,23)4/h17-19,21-24H,6-16H2,1-5H3/t18-,19+,21+,22-,23+,24+,25-,26+/m1/s1. The third-order valence-electron chi connectivity index (χ3n) is 10.3. The van der Waals surface area contributed by atoms with Gasteiger partial charge in [-0.3, -0.25) is 4.79 Å². The van der Waals surface area contributed by atoms with Crippen molar-refractivity contribution in [2.24, 2.45) is 52.3 Å². The molecule has 0 saturated heterocycles. The van der Waals surface area contributed by atoms with E-state index in [2.05, 4.69) is 34.6 Å². The molecule has 0 heterocycles. The van der Waals surface area contributed by atoms with Crippen LogP contribution < -0.4 is 0 Å². The SMILES string of the molecule is CC(C)CCC[C@@H](C)[C@H]1CC[C@H]2[C@@H]3CC[C@H]4CC(=O)C[C@]4(C)[C@H]3CC[C@]12C. The van der Waals surface area contributed by atoms with Crippen LogP contribution in [0.3, 0.4) is 0 Å². The van der Waals surface area contributed by atoms with Gasteiger partial charge in [-0.25, -0.2) is 0 Å². The molecule has 0 bridgehead atoms. The fourth-order valence-electron chi connectivity index (χ4n) is 8.94. The summed E-state index contributed by atoms with van der Waals surface area (Å²) in [5.74, 6) is 6.69. The van der Waals surface area contributed by atoms with Crippen molar-refractivity contribution >= 4 is 5.78 Å². The predicted molar refractivity (Wildman–Crippen MR) is 113 cm³/mol. The van der Waals surface area contributed by atoms with E-state index < -0.39 is 0 Å². The van der Waals surface area contributed by atoms with Gasteiger partial charge in [0.1, 0.15) is 5.78 Å². The van der Waals surface area contributed by atoms with Gasteiger partial charge in [-0.2, -0.15) is 0 Å². The Labute approximate surface area is 168 Å². The van der Waals surface area contributed by atoms with E-state index in [0.29, 0.717) is 22.5 Å². The minimum Gasteiger partial charge on any atom is -0.300 e. The fraction of sp³-hybridized carbons (Fsp3) is 0.962. The number of rotatable bonds is 5. The zero-order valence-corrected chi connectivity index (χ0v) is 18.7. The molecule has 0 aromatic carbocycles. The van der Waals surface area contributed by atoms with Crippen LogP contribution in [0.5, 0.6) is 0 Å². The molecule has 0 unspecified atom stereocenters. The number of carbonyl (C=O) groups is 1. The second-order valence-corrected chi connectivity index (χ2v) is 12.1. The Morgan fingerprint density at radius 2 is 1.67 bits per heavy atom. The van der Waals surface area contributed by atoms with Gasteiger partial charge in [0.15, 0.2) is 0 Å². The van der Waals surface area contributed by atoms with Crippen molar-refractivity contribution < 1.29 is 4.79 Å². The van der Waals surface area contributed by atoms with Crippen LogP contribution in [0.15, 0.2) is 0 Å². The van der Waals surface area contributed by atoms with Gasteiger partial charge in [-0.15, -0.1) is 0 Å². The Hall–Kier alpha value is -0.330. The number of hydrogen-bond acceptors (Lipinski definition) is 1. The highest BCUT2D eigenvalue weighted by Crippen LogP contribution is 2.68. The molecule has 1 nitrogen and oxygen atoms in total. The van der Waals surface area contributed by atoms with Gasteiger partial charge in [0.05, 0.1) is 0 Å². The zero-order chi connectivity index (χ0) is 19.4. The molecular formula is C26H44O. The zero-order valence-electron chi connectivity index (χ0n) is 18.7. The first-order chi connectivity index (χ1) is 12.8. The van der Waals surface area contributed by atoms with Gasteiger partial charge in [0, 0.05) is 12.8 Å². The molecular weight excluding hydrogens is 328 g/mol. The number of Topliss-reactive ketones (excluding diaryl/α,β-unsaturated/α-hetero) is 1. The van der Waals surface area contributed by atoms with Gasteiger partial charge in [0.2, 0.25) is 0 Å². The van der Waals surface area contributed by atoms with Crippen molar-refractivity contribution in [3.63, 3.8) is 0 Å². The minimum atomic E-state index is 0.350. The third kappa shape index (κ3) is 3.24. The van der Waals surface area contributed by atoms with E-state index in [-0.39, 0.29) is 0 Å². The van der Waals surface area contributed by atoms with Crippen LogP contribution in [-0.2, 0) is 4.79 Å². The molecule has 4 saturated carbocycles. The molecule has 0 radical (unpaired) electrons. The van der Waals surface area contributed by atoms with Crippen LogP contribution >= 0.6 is 0 Å². The summed E-state index contributed by atoms with van der Waals surface area (Å²) in [4.78, 5) is 12.3. The Kier molecular flexibility index (Phi) is 5.30. The highest BCUT2D eigenvalue weighted by Gasteiger charge is 2.61. The lowest BCUT2D eigenvalue weighted by atomic mass is 9.47. The summed E-state index contributed by atoms with van der Waals surface area (Å²) in [6, 6.07) is 0. The Balaban J connectivity index is 1.47. The van der Waals surface area contributed by atoms with Crippen molar-refractivity contribution in [3.8, 4) is 0 Å². The molecule has 8 atom stereocenters. The summed E-state index contributed by atoms with van der Waals surface area (Å²) in [7, 11) is 0. The maximum Gasteiger partial charge on any atom is 0.133 e. The van der Waals surface area contributed by atoms with E-state index in [1.165, 1.54) is 57.8 Å². The van der Waals surface area contributed by atoms with Crippen LogP contribution in [0.2, 0.25) is 0 Å². The van der Waals surface area contributed by atoms with Crippen LogP contribution in [0.4, 0.5) is 0 Å². The number of hydrogen-bond donors (Lipinski definition) is 0. The number of ketones is 1. The van der Waals surface area contributed by atoms with Crippen molar-refractivity contribution in [1.82, 2.24) is 0 Å². The van der Waals surface area contributed by atoms with Crippen LogP contribution in [-0.4, -0.2) is 5.78 Å². The number of carbonyl (C=O) groups excluding carboxylic acids is 1. The quantitative estimate of drug-likeness (QED) is 0.495. The fourth-order valence-corrected chi connectivity index (χ4v) is 8.94. The topological polar surface area (TPSA) is 17.1 Å².